The molecule has 0 fully saturated rings. The van der Waals surface area contributed by atoms with E-state index in [4.69, 9.17) is 17.3 Å². The van der Waals surface area contributed by atoms with Gasteiger partial charge in [-0.2, -0.15) is 5.10 Å². The molecule has 0 aliphatic heterocycles. The average molecular weight is 251 g/mol. The zero-order valence-electron chi connectivity index (χ0n) is 8.07. The van der Waals surface area contributed by atoms with Gasteiger partial charge in [-0.25, -0.2) is 4.98 Å². The maximum atomic E-state index is 6.08. The maximum Gasteiger partial charge on any atom is 0.145 e. The molecule has 2 heterocycles. The van der Waals surface area contributed by atoms with E-state index in [0.29, 0.717) is 10.8 Å². The van der Waals surface area contributed by atoms with Crippen molar-refractivity contribution in [2.45, 2.75) is 0 Å². The number of aromatic nitrogens is 3. The van der Waals surface area contributed by atoms with Gasteiger partial charge in [-0.1, -0.05) is 17.7 Å². The Morgan fingerprint density at radius 3 is 2.94 bits per heavy atom. The van der Waals surface area contributed by atoms with E-state index in [2.05, 4.69) is 15.2 Å². The van der Waals surface area contributed by atoms with Crippen LogP contribution in [-0.2, 0) is 0 Å². The normalized spacial score (nSPS) is 11.1. The summed E-state index contributed by atoms with van der Waals surface area (Å²) in [5.41, 5.74) is 7.25. The lowest BCUT2D eigenvalue weighted by molar-refractivity contribution is 1.10. The number of hydrogen-bond donors (Lipinski definition) is 2. The zero-order chi connectivity index (χ0) is 11.1. The smallest absolute Gasteiger partial charge is 0.145 e. The molecule has 3 aromatic rings. The molecule has 1 aromatic carbocycles. The molecule has 4 nitrogen and oxygen atoms in total. The summed E-state index contributed by atoms with van der Waals surface area (Å²) in [6, 6.07) is 7.43. The van der Waals surface area contributed by atoms with Crippen molar-refractivity contribution in [1.29, 1.82) is 0 Å². The summed E-state index contributed by atoms with van der Waals surface area (Å²) in [6.45, 7) is 0. The fourth-order valence-electron chi connectivity index (χ4n) is 1.48. The van der Waals surface area contributed by atoms with Crippen molar-refractivity contribution >= 4 is 39.0 Å². The zero-order valence-corrected chi connectivity index (χ0v) is 9.64. The minimum absolute atomic E-state index is 0.459. The molecule has 0 aliphatic rings. The minimum Gasteiger partial charge on any atom is -0.382 e. The van der Waals surface area contributed by atoms with Gasteiger partial charge >= 0.3 is 0 Å². The monoisotopic (exact) mass is 250 g/mol. The van der Waals surface area contributed by atoms with Gasteiger partial charge in [0.1, 0.15) is 10.8 Å². The van der Waals surface area contributed by atoms with E-state index >= 15 is 0 Å². The van der Waals surface area contributed by atoms with Crippen molar-refractivity contribution < 1.29 is 0 Å². The van der Waals surface area contributed by atoms with Gasteiger partial charge in [0, 0.05) is 6.07 Å². The fraction of sp³-hybridized carbons (Fsp3) is 0. The van der Waals surface area contributed by atoms with Crippen LogP contribution in [0.3, 0.4) is 0 Å². The third kappa shape index (κ3) is 1.45. The number of nitrogens with one attached hydrogen (secondary N) is 1. The van der Waals surface area contributed by atoms with Crippen LogP contribution in [-0.4, -0.2) is 15.2 Å². The molecular formula is C10H7ClN4S. The Hall–Kier alpha value is -1.59. The third-order valence-corrected chi connectivity index (χ3v) is 3.76. The Kier molecular flexibility index (Phi) is 2.08. The molecule has 3 N–H and O–H groups in total. The van der Waals surface area contributed by atoms with Gasteiger partial charge in [0.25, 0.3) is 0 Å². The number of nitrogens with zero attached hydrogens (tertiary/aromatic N) is 2. The van der Waals surface area contributed by atoms with E-state index < -0.39 is 0 Å². The van der Waals surface area contributed by atoms with Gasteiger partial charge in [0.15, 0.2) is 0 Å². The van der Waals surface area contributed by atoms with Crippen LogP contribution in [0, 0.1) is 0 Å². The van der Waals surface area contributed by atoms with Gasteiger partial charge in [0.2, 0.25) is 0 Å². The van der Waals surface area contributed by atoms with Crippen LogP contribution in [0.4, 0.5) is 5.82 Å². The molecule has 0 saturated heterocycles. The number of nitrogens with two attached hydrogens (primary N) is 1. The highest BCUT2D eigenvalue weighted by Crippen LogP contribution is 2.33. The molecule has 2 aromatic heterocycles. The van der Waals surface area contributed by atoms with E-state index in [-0.39, 0.29) is 0 Å². The van der Waals surface area contributed by atoms with Gasteiger partial charge in [-0.3, -0.25) is 5.10 Å². The second-order valence-corrected chi connectivity index (χ2v) is 4.72. The Balaban J connectivity index is 2.22. The summed E-state index contributed by atoms with van der Waals surface area (Å²) >= 11 is 7.60. The van der Waals surface area contributed by atoms with Crippen molar-refractivity contribution in [3.63, 3.8) is 0 Å². The van der Waals surface area contributed by atoms with Crippen LogP contribution in [0.1, 0.15) is 0 Å². The van der Waals surface area contributed by atoms with Crippen LogP contribution in [0.15, 0.2) is 24.3 Å². The highest BCUT2D eigenvalue weighted by Gasteiger charge is 2.10. The first-order valence-corrected chi connectivity index (χ1v) is 5.80. The highest BCUT2D eigenvalue weighted by molar-refractivity contribution is 7.22. The number of halogens is 1. The molecule has 0 aliphatic carbocycles. The molecule has 3 rings (SSSR count). The number of fused-ring (bicyclic) bond motifs is 1. The topological polar surface area (TPSA) is 67.6 Å². The number of aromatic amines is 1. The summed E-state index contributed by atoms with van der Waals surface area (Å²) in [6.07, 6.45) is 0. The van der Waals surface area contributed by atoms with Crippen molar-refractivity contribution in [3.8, 4) is 10.7 Å². The predicted octanol–water partition coefficient (Wildman–Crippen LogP) is 2.92. The highest BCUT2D eigenvalue weighted by atomic mass is 35.5. The van der Waals surface area contributed by atoms with Crippen molar-refractivity contribution in [1.82, 2.24) is 15.2 Å². The predicted molar refractivity (Wildman–Crippen MR) is 66.6 cm³/mol. The molecule has 6 heteroatoms. The number of nitrogen functional groups attached to an aromatic ring is 1. The molecule has 0 unspecified atom stereocenters. The van der Waals surface area contributed by atoms with Gasteiger partial charge in [0.05, 0.1) is 20.9 Å². The second-order valence-electron chi connectivity index (χ2n) is 3.31. The molecule has 0 amide bonds. The molecule has 16 heavy (non-hydrogen) atoms. The Bertz CT molecular complexity index is 658. The summed E-state index contributed by atoms with van der Waals surface area (Å²) in [4.78, 5) is 4.46. The molecule has 0 spiro atoms. The first-order valence-electron chi connectivity index (χ1n) is 4.60. The number of hydrogen-bond acceptors (Lipinski definition) is 4. The Morgan fingerprint density at radius 2 is 2.25 bits per heavy atom. The third-order valence-electron chi connectivity index (χ3n) is 2.20. The van der Waals surface area contributed by atoms with Crippen molar-refractivity contribution in [2.75, 3.05) is 5.73 Å². The van der Waals surface area contributed by atoms with E-state index in [0.717, 1.165) is 20.9 Å². The average Bonchev–Trinajstić information content (AvgIpc) is 2.84. The Morgan fingerprint density at radius 1 is 1.38 bits per heavy atom. The van der Waals surface area contributed by atoms with Gasteiger partial charge in [-0.05, 0) is 12.1 Å². The lowest BCUT2D eigenvalue weighted by atomic mass is 10.3. The van der Waals surface area contributed by atoms with Crippen LogP contribution in [0.2, 0.25) is 5.02 Å². The van der Waals surface area contributed by atoms with Crippen LogP contribution in [0.25, 0.3) is 20.9 Å². The number of benzene rings is 1. The van der Waals surface area contributed by atoms with E-state index in [1.54, 1.807) is 6.07 Å². The number of rotatable bonds is 1. The van der Waals surface area contributed by atoms with Gasteiger partial charge < -0.3 is 5.73 Å². The summed E-state index contributed by atoms with van der Waals surface area (Å²) < 4.78 is 0.979. The molecule has 0 atom stereocenters. The van der Waals surface area contributed by atoms with Crippen molar-refractivity contribution in [3.05, 3.63) is 29.3 Å². The first-order chi connectivity index (χ1) is 7.74. The van der Waals surface area contributed by atoms with E-state index in [1.807, 2.05) is 18.2 Å². The SMILES string of the molecule is Nc1cc(-c2nc3cccc(Cl)c3s2)[nH]n1. The summed E-state index contributed by atoms with van der Waals surface area (Å²) in [5.74, 6) is 0.459. The standard InChI is InChI=1S/C10H7ClN4S/c11-5-2-1-3-6-9(5)16-10(13-6)7-4-8(12)15-14-7/h1-4H,(H3,12,14,15). The van der Waals surface area contributed by atoms with Crippen LogP contribution < -0.4 is 5.73 Å². The molecule has 0 radical (unpaired) electrons. The first kappa shape index (κ1) is 9.62. The van der Waals surface area contributed by atoms with Crippen LogP contribution in [0.5, 0.6) is 0 Å². The maximum absolute atomic E-state index is 6.08. The summed E-state index contributed by atoms with van der Waals surface area (Å²) in [5, 5.41) is 8.26. The number of anilines is 1. The quantitative estimate of drug-likeness (QED) is 0.698. The minimum atomic E-state index is 0.459. The second kappa shape index (κ2) is 3.47. The molecule has 80 valence electrons. The molecular weight excluding hydrogens is 244 g/mol. The van der Waals surface area contributed by atoms with Crippen molar-refractivity contribution in [2.24, 2.45) is 0 Å². The molecule has 0 saturated carbocycles. The largest absolute Gasteiger partial charge is 0.382 e. The number of H-pyrrole nitrogens is 1. The summed E-state index contributed by atoms with van der Waals surface area (Å²) in [7, 11) is 0. The fourth-order valence-corrected chi connectivity index (χ4v) is 2.70. The Labute approximate surface area is 100 Å². The van der Waals surface area contributed by atoms with Crippen LogP contribution >= 0.6 is 22.9 Å². The molecule has 0 bridgehead atoms. The van der Waals surface area contributed by atoms with E-state index in [9.17, 15) is 0 Å². The van der Waals surface area contributed by atoms with Gasteiger partial charge in [-0.15, -0.1) is 11.3 Å². The lowest BCUT2D eigenvalue weighted by Crippen LogP contribution is -1.81. The lowest BCUT2D eigenvalue weighted by Gasteiger charge is -1.87. The number of thiazole rings is 1. The van der Waals surface area contributed by atoms with E-state index in [1.165, 1.54) is 11.3 Å².